The average Bonchev–Trinajstić information content (AvgIpc) is 2.38. The van der Waals surface area contributed by atoms with Crippen LogP contribution in [-0.4, -0.2) is 13.0 Å². The highest BCUT2D eigenvalue weighted by molar-refractivity contribution is 5.94. The maximum atomic E-state index is 12.8. The van der Waals surface area contributed by atoms with Crippen LogP contribution in [0, 0.1) is 17.1 Å². The lowest BCUT2D eigenvalue weighted by atomic mass is 10.1. The van der Waals surface area contributed by atoms with Crippen LogP contribution in [0.4, 0.5) is 4.39 Å². The normalized spacial score (nSPS) is 8.83. The van der Waals surface area contributed by atoms with Crippen molar-refractivity contribution in [1.29, 1.82) is 5.26 Å². The second kappa shape index (κ2) is 9.17. The van der Waals surface area contributed by atoms with E-state index in [-0.39, 0.29) is 11.1 Å². The molecule has 0 aliphatic heterocycles. The molecule has 0 atom stereocenters. The van der Waals surface area contributed by atoms with E-state index in [4.69, 9.17) is 5.26 Å². The molecule has 0 aromatic heterocycles. The lowest BCUT2D eigenvalue weighted by molar-refractivity contribution is 0.0962. The lowest BCUT2D eigenvalue weighted by Gasteiger charge is -1.99. The molecule has 4 heteroatoms. The van der Waals surface area contributed by atoms with E-state index in [9.17, 15) is 9.18 Å². The number of nitriles is 1. The third kappa shape index (κ3) is 6.00. The van der Waals surface area contributed by atoms with Gasteiger partial charge in [0.25, 0.3) is 5.91 Å². The van der Waals surface area contributed by atoms with Gasteiger partial charge in [-0.3, -0.25) is 4.79 Å². The second-order valence-corrected chi connectivity index (χ2v) is 3.77. The summed E-state index contributed by atoms with van der Waals surface area (Å²) in [7, 11) is 1.44. The van der Waals surface area contributed by atoms with E-state index in [1.807, 2.05) is 0 Å². The van der Waals surface area contributed by atoms with Crippen molar-refractivity contribution in [1.82, 2.24) is 5.32 Å². The first-order valence-corrected chi connectivity index (χ1v) is 6.01. The molecule has 1 aromatic rings. The molecule has 0 aliphatic carbocycles. The van der Waals surface area contributed by atoms with Gasteiger partial charge in [0.15, 0.2) is 0 Å². The first-order chi connectivity index (χ1) is 8.58. The number of hydrogen-bond acceptors (Lipinski definition) is 2. The van der Waals surface area contributed by atoms with Gasteiger partial charge in [-0.05, 0) is 18.2 Å². The first kappa shape index (κ1) is 16.1. The fourth-order valence-corrected chi connectivity index (χ4v) is 1.28. The van der Waals surface area contributed by atoms with Gasteiger partial charge < -0.3 is 5.32 Å². The molecular weight excluding hydrogens is 231 g/mol. The monoisotopic (exact) mass is 250 g/mol. The molecule has 18 heavy (non-hydrogen) atoms. The summed E-state index contributed by atoms with van der Waals surface area (Å²) in [5.41, 5.74) is 0.289. The van der Waals surface area contributed by atoms with E-state index in [0.717, 1.165) is 12.1 Å². The second-order valence-electron chi connectivity index (χ2n) is 3.77. The van der Waals surface area contributed by atoms with Gasteiger partial charge in [-0.15, -0.1) is 0 Å². The van der Waals surface area contributed by atoms with Crippen molar-refractivity contribution in [3.8, 4) is 6.07 Å². The van der Waals surface area contributed by atoms with Crippen LogP contribution in [-0.2, 0) is 0 Å². The molecule has 0 fully saturated rings. The minimum absolute atomic E-state index is 0.138. The van der Waals surface area contributed by atoms with Crippen LogP contribution in [0.1, 0.15) is 49.0 Å². The molecule has 0 saturated heterocycles. The fraction of sp³-hybridized carbons (Fsp3) is 0.429. The quantitative estimate of drug-likeness (QED) is 0.895. The van der Waals surface area contributed by atoms with E-state index in [0.29, 0.717) is 0 Å². The highest BCUT2D eigenvalue weighted by Gasteiger charge is 2.06. The van der Waals surface area contributed by atoms with Crippen molar-refractivity contribution in [2.75, 3.05) is 7.05 Å². The summed E-state index contributed by atoms with van der Waals surface area (Å²) >= 11 is 0. The molecule has 0 bridgehead atoms. The number of benzene rings is 1. The van der Waals surface area contributed by atoms with Crippen LogP contribution in [0.25, 0.3) is 0 Å². The van der Waals surface area contributed by atoms with Gasteiger partial charge >= 0.3 is 0 Å². The van der Waals surface area contributed by atoms with Crippen molar-refractivity contribution in [2.24, 2.45) is 0 Å². The van der Waals surface area contributed by atoms with Crippen molar-refractivity contribution in [3.63, 3.8) is 0 Å². The topological polar surface area (TPSA) is 52.9 Å². The standard InChI is InChI=1S/C9H7FN2O.C5H12/c1-12-9(13)7-2-6(5-11)3-8(10)4-7;1-3-5-4-2/h2-4H,1H3,(H,12,13);3-5H2,1-2H3. The summed E-state index contributed by atoms with van der Waals surface area (Å²) < 4.78 is 12.8. The summed E-state index contributed by atoms with van der Waals surface area (Å²) in [6, 6.07) is 5.26. The summed E-state index contributed by atoms with van der Waals surface area (Å²) in [5, 5.41) is 10.8. The number of rotatable bonds is 3. The number of nitrogens with one attached hydrogen (secondary N) is 1. The Bertz CT molecular complexity index is 422. The Morgan fingerprint density at radius 2 is 1.94 bits per heavy atom. The predicted octanol–water partition coefficient (Wildman–Crippen LogP) is 3.25. The average molecular weight is 250 g/mol. The van der Waals surface area contributed by atoms with Gasteiger partial charge in [-0.2, -0.15) is 5.26 Å². The number of halogens is 1. The predicted molar refractivity (Wildman–Crippen MR) is 69.7 cm³/mol. The summed E-state index contributed by atoms with van der Waals surface area (Å²) in [4.78, 5) is 11.0. The number of hydrogen-bond donors (Lipinski definition) is 1. The molecule has 0 unspecified atom stereocenters. The van der Waals surface area contributed by atoms with Crippen LogP contribution < -0.4 is 5.32 Å². The van der Waals surface area contributed by atoms with Gasteiger partial charge in [0.2, 0.25) is 0 Å². The Balaban J connectivity index is 0.000000494. The summed E-state index contributed by atoms with van der Waals surface area (Å²) in [5.74, 6) is -0.992. The zero-order valence-electron chi connectivity index (χ0n) is 11.1. The first-order valence-electron chi connectivity index (χ1n) is 6.01. The lowest BCUT2D eigenvalue weighted by Crippen LogP contribution is -2.18. The molecule has 0 spiro atoms. The summed E-state index contributed by atoms with van der Waals surface area (Å²) in [6.07, 6.45) is 4.08. The van der Waals surface area contributed by atoms with Crippen LogP contribution in [0.3, 0.4) is 0 Å². The summed E-state index contributed by atoms with van der Waals surface area (Å²) in [6.45, 7) is 4.42. The number of nitrogens with zero attached hydrogens (tertiary/aromatic N) is 1. The SMILES string of the molecule is CCCCC.CNC(=O)c1cc(F)cc(C#N)c1. The fourth-order valence-electron chi connectivity index (χ4n) is 1.28. The maximum Gasteiger partial charge on any atom is 0.251 e. The van der Waals surface area contributed by atoms with Gasteiger partial charge in [0.1, 0.15) is 5.82 Å². The zero-order valence-corrected chi connectivity index (χ0v) is 11.1. The molecule has 0 radical (unpaired) electrons. The molecule has 0 heterocycles. The molecule has 98 valence electrons. The highest BCUT2D eigenvalue weighted by Crippen LogP contribution is 2.07. The molecule has 0 saturated carbocycles. The molecule has 1 amide bonds. The van der Waals surface area contributed by atoms with Crippen LogP contribution >= 0.6 is 0 Å². The zero-order chi connectivity index (χ0) is 14.0. The van der Waals surface area contributed by atoms with Gasteiger partial charge in [0.05, 0.1) is 11.6 Å². The van der Waals surface area contributed by atoms with E-state index in [1.54, 1.807) is 6.07 Å². The van der Waals surface area contributed by atoms with E-state index in [2.05, 4.69) is 19.2 Å². The molecule has 3 nitrogen and oxygen atoms in total. The minimum atomic E-state index is -0.586. The Hall–Kier alpha value is -1.89. The van der Waals surface area contributed by atoms with Crippen molar-refractivity contribution >= 4 is 5.91 Å². The molecule has 1 N–H and O–H groups in total. The van der Waals surface area contributed by atoms with E-state index >= 15 is 0 Å². The minimum Gasteiger partial charge on any atom is -0.355 e. The van der Waals surface area contributed by atoms with E-state index < -0.39 is 11.7 Å². The Labute approximate surface area is 108 Å². The van der Waals surface area contributed by atoms with Crippen molar-refractivity contribution in [2.45, 2.75) is 33.1 Å². The molecule has 0 aliphatic rings. The highest BCUT2D eigenvalue weighted by atomic mass is 19.1. The smallest absolute Gasteiger partial charge is 0.251 e. The van der Waals surface area contributed by atoms with Gasteiger partial charge in [-0.25, -0.2) is 4.39 Å². The van der Waals surface area contributed by atoms with Crippen LogP contribution in [0.2, 0.25) is 0 Å². The van der Waals surface area contributed by atoms with Gasteiger partial charge in [0, 0.05) is 12.6 Å². The Kier molecular flexibility index (Phi) is 8.21. The van der Waals surface area contributed by atoms with Gasteiger partial charge in [-0.1, -0.05) is 33.1 Å². The van der Waals surface area contributed by atoms with Crippen LogP contribution in [0.5, 0.6) is 0 Å². The number of unbranched alkanes of at least 4 members (excludes halogenated alkanes) is 2. The molecular formula is C14H19FN2O. The molecule has 1 rings (SSSR count). The van der Waals surface area contributed by atoms with Crippen LogP contribution in [0.15, 0.2) is 18.2 Å². The third-order valence-electron chi connectivity index (χ3n) is 2.22. The maximum absolute atomic E-state index is 12.8. The Morgan fingerprint density at radius 1 is 1.33 bits per heavy atom. The number of amides is 1. The largest absolute Gasteiger partial charge is 0.355 e. The Morgan fingerprint density at radius 3 is 2.33 bits per heavy atom. The molecule has 1 aromatic carbocycles. The van der Waals surface area contributed by atoms with Crippen molar-refractivity contribution in [3.05, 3.63) is 35.1 Å². The van der Waals surface area contributed by atoms with E-state index in [1.165, 1.54) is 32.4 Å². The number of carbonyl (C=O) groups is 1. The number of carbonyl (C=O) groups excluding carboxylic acids is 1. The van der Waals surface area contributed by atoms with Crippen molar-refractivity contribution < 1.29 is 9.18 Å². The third-order valence-corrected chi connectivity index (χ3v) is 2.22.